The molecule has 1 aromatic heterocycles. The van der Waals surface area contributed by atoms with Crippen molar-refractivity contribution in [2.45, 2.75) is 19.6 Å². The van der Waals surface area contributed by atoms with E-state index in [9.17, 15) is 5.11 Å². The minimum atomic E-state index is -0.504. The summed E-state index contributed by atoms with van der Waals surface area (Å²) < 4.78 is 4.06. The van der Waals surface area contributed by atoms with Crippen molar-refractivity contribution >= 4 is 11.8 Å². The molecule has 23 heavy (non-hydrogen) atoms. The lowest BCUT2D eigenvalue weighted by atomic mass is 10.1. The van der Waals surface area contributed by atoms with E-state index in [1.807, 2.05) is 71.8 Å². The molecule has 3 rings (SSSR count). The lowest BCUT2D eigenvalue weighted by molar-refractivity contribution is -0.703. The first-order chi connectivity index (χ1) is 11.2. The van der Waals surface area contributed by atoms with Gasteiger partial charge in [0.1, 0.15) is 30.7 Å². The summed E-state index contributed by atoms with van der Waals surface area (Å²) in [5, 5.41) is 10.3. The molecular formula is C20H21N2O+. The number of nitrogens with zero attached hydrogens (tertiary/aromatic N) is 2. The topological polar surface area (TPSA) is 29.0 Å². The molecule has 0 saturated carbocycles. The summed E-state index contributed by atoms with van der Waals surface area (Å²) in [6, 6.07) is 20.0. The molecule has 1 N–H and O–H groups in total. The van der Waals surface area contributed by atoms with Gasteiger partial charge in [-0.3, -0.25) is 0 Å². The number of imidazole rings is 1. The summed E-state index contributed by atoms with van der Waals surface area (Å²) in [6.45, 7) is 2.61. The normalized spacial score (nSPS) is 13.0. The van der Waals surface area contributed by atoms with Gasteiger partial charge in [-0.05, 0) is 24.1 Å². The Hall–Kier alpha value is -2.65. The molecule has 0 amide bonds. The van der Waals surface area contributed by atoms with E-state index in [-0.39, 0.29) is 0 Å². The standard InChI is InChI=1S/C20H21N2O/c1-17(14-18-8-4-2-5-9-18)22-13-12-21(16-22)15-20(23)19-10-6-3-7-11-19/h2-14,16,20,23H,15H2,1H3/q+1. The highest BCUT2D eigenvalue weighted by Crippen LogP contribution is 2.13. The zero-order valence-electron chi connectivity index (χ0n) is 13.2. The second-order valence-electron chi connectivity index (χ2n) is 5.64. The fourth-order valence-electron chi connectivity index (χ4n) is 2.56. The van der Waals surface area contributed by atoms with Gasteiger partial charge in [0.05, 0.1) is 0 Å². The molecule has 0 aliphatic heterocycles. The number of rotatable bonds is 5. The van der Waals surface area contributed by atoms with Crippen LogP contribution in [0.15, 0.2) is 79.4 Å². The fraction of sp³-hybridized carbons (Fsp3) is 0.150. The van der Waals surface area contributed by atoms with Gasteiger partial charge in [-0.15, -0.1) is 0 Å². The first-order valence-corrected chi connectivity index (χ1v) is 7.76. The molecule has 0 aliphatic rings. The molecule has 0 aliphatic carbocycles. The van der Waals surface area contributed by atoms with Crippen LogP contribution >= 0.6 is 0 Å². The van der Waals surface area contributed by atoms with Crippen molar-refractivity contribution in [3.8, 4) is 0 Å². The third-order valence-electron chi connectivity index (χ3n) is 3.84. The van der Waals surface area contributed by atoms with Crippen molar-refractivity contribution in [2.75, 3.05) is 0 Å². The Kier molecular flexibility index (Phi) is 4.69. The highest BCUT2D eigenvalue weighted by molar-refractivity contribution is 5.69. The van der Waals surface area contributed by atoms with Gasteiger partial charge in [0, 0.05) is 0 Å². The van der Waals surface area contributed by atoms with Crippen molar-refractivity contribution in [3.63, 3.8) is 0 Å². The van der Waals surface area contributed by atoms with E-state index in [1.54, 1.807) is 0 Å². The first-order valence-electron chi connectivity index (χ1n) is 7.76. The van der Waals surface area contributed by atoms with Crippen molar-refractivity contribution in [1.29, 1.82) is 0 Å². The van der Waals surface area contributed by atoms with Crippen molar-refractivity contribution in [3.05, 3.63) is 90.5 Å². The van der Waals surface area contributed by atoms with Crippen LogP contribution in [0.3, 0.4) is 0 Å². The van der Waals surface area contributed by atoms with Crippen LogP contribution in [-0.2, 0) is 6.54 Å². The number of benzene rings is 2. The first kappa shape index (κ1) is 15.3. The lowest BCUT2D eigenvalue weighted by Gasteiger charge is -2.07. The monoisotopic (exact) mass is 305 g/mol. The van der Waals surface area contributed by atoms with Crippen LogP contribution in [0.2, 0.25) is 0 Å². The van der Waals surface area contributed by atoms with E-state index < -0.39 is 6.10 Å². The maximum absolute atomic E-state index is 10.3. The molecule has 0 fully saturated rings. The zero-order valence-corrected chi connectivity index (χ0v) is 13.2. The highest BCUT2D eigenvalue weighted by Gasteiger charge is 2.13. The molecule has 2 aromatic carbocycles. The van der Waals surface area contributed by atoms with E-state index in [1.165, 1.54) is 5.56 Å². The molecule has 0 spiro atoms. The predicted molar refractivity (Wildman–Crippen MR) is 92.3 cm³/mol. The number of aliphatic hydroxyl groups is 1. The van der Waals surface area contributed by atoms with Gasteiger partial charge in [0.2, 0.25) is 6.33 Å². The summed E-state index contributed by atoms with van der Waals surface area (Å²) in [5.74, 6) is 0. The number of allylic oxidation sites excluding steroid dienone is 1. The fourth-order valence-corrected chi connectivity index (χ4v) is 2.56. The molecule has 0 bridgehead atoms. The van der Waals surface area contributed by atoms with Crippen molar-refractivity contribution < 1.29 is 9.67 Å². The molecule has 3 heteroatoms. The van der Waals surface area contributed by atoms with E-state index in [0.717, 1.165) is 11.3 Å². The van der Waals surface area contributed by atoms with Gasteiger partial charge < -0.3 is 5.11 Å². The third kappa shape index (κ3) is 3.96. The van der Waals surface area contributed by atoms with Gasteiger partial charge in [-0.25, -0.2) is 9.13 Å². The van der Waals surface area contributed by atoms with Crippen LogP contribution in [0.25, 0.3) is 11.8 Å². The largest absolute Gasteiger partial charge is 0.384 e. The Morgan fingerprint density at radius 3 is 2.43 bits per heavy atom. The van der Waals surface area contributed by atoms with Crippen LogP contribution in [-0.4, -0.2) is 9.67 Å². The summed E-state index contributed by atoms with van der Waals surface area (Å²) in [4.78, 5) is 0. The molecule has 0 saturated heterocycles. The summed E-state index contributed by atoms with van der Waals surface area (Å²) in [5.41, 5.74) is 3.24. The second kappa shape index (κ2) is 7.07. The van der Waals surface area contributed by atoms with Gasteiger partial charge in [0.25, 0.3) is 0 Å². The van der Waals surface area contributed by atoms with Crippen LogP contribution < -0.4 is 4.57 Å². The number of hydrogen-bond acceptors (Lipinski definition) is 1. The highest BCUT2D eigenvalue weighted by atomic mass is 16.3. The third-order valence-corrected chi connectivity index (χ3v) is 3.84. The molecule has 1 atom stereocenters. The van der Waals surface area contributed by atoms with Gasteiger partial charge in [-0.1, -0.05) is 60.7 Å². The molecule has 1 heterocycles. The molecule has 3 aromatic rings. The lowest BCUT2D eigenvalue weighted by Crippen LogP contribution is -2.34. The Morgan fingerprint density at radius 1 is 1.09 bits per heavy atom. The van der Waals surface area contributed by atoms with Gasteiger partial charge in [-0.2, -0.15) is 0 Å². The smallest absolute Gasteiger partial charge is 0.248 e. The maximum Gasteiger partial charge on any atom is 0.248 e. The van der Waals surface area contributed by atoms with E-state index >= 15 is 0 Å². The average Bonchev–Trinajstić information content (AvgIpc) is 3.05. The van der Waals surface area contributed by atoms with Crippen LogP contribution in [0.1, 0.15) is 24.2 Å². The SMILES string of the molecule is CC(=Cc1ccccc1)n1cc[n+](CC(O)c2ccccc2)c1. The zero-order chi connectivity index (χ0) is 16.1. The Bertz CT molecular complexity index is 776. The number of hydrogen-bond donors (Lipinski definition) is 1. The van der Waals surface area contributed by atoms with Crippen LogP contribution in [0.4, 0.5) is 0 Å². The van der Waals surface area contributed by atoms with Crippen molar-refractivity contribution in [2.24, 2.45) is 0 Å². The quantitative estimate of drug-likeness (QED) is 0.718. The summed E-state index contributed by atoms with van der Waals surface area (Å²) >= 11 is 0. The molecular weight excluding hydrogens is 284 g/mol. The van der Waals surface area contributed by atoms with Gasteiger partial charge in [0.15, 0.2) is 0 Å². The Labute approximate surface area is 136 Å². The minimum Gasteiger partial charge on any atom is -0.384 e. The van der Waals surface area contributed by atoms with Crippen molar-refractivity contribution in [1.82, 2.24) is 4.57 Å². The maximum atomic E-state index is 10.3. The second-order valence-corrected chi connectivity index (χ2v) is 5.64. The van der Waals surface area contributed by atoms with E-state index in [4.69, 9.17) is 0 Å². The van der Waals surface area contributed by atoms with Crippen LogP contribution in [0.5, 0.6) is 0 Å². The molecule has 116 valence electrons. The average molecular weight is 305 g/mol. The molecule has 0 radical (unpaired) electrons. The Balaban J connectivity index is 1.72. The van der Waals surface area contributed by atoms with E-state index in [0.29, 0.717) is 6.54 Å². The Morgan fingerprint density at radius 2 is 1.74 bits per heavy atom. The minimum absolute atomic E-state index is 0.504. The van der Waals surface area contributed by atoms with Gasteiger partial charge >= 0.3 is 0 Å². The number of aliphatic hydroxyl groups excluding tert-OH is 1. The van der Waals surface area contributed by atoms with Crippen LogP contribution in [0, 0.1) is 0 Å². The molecule has 3 nitrogen and oxygen atoms in total. The van der Waals surface area contributed by atoms with E-state index in [2.05, 4.69) is 29.7 Å². The molecule has 1 unspecified atom stereocenters. The summed E-state index contributed by atoms with van der Waals surface area (Å²) in [6.07, 6.45) is 7.62. The predicted octanol–water partition coefficient (Wildman–Crippen LogP) is 3.53. The number of aromatic nitrogens is 2. The summed E-state index contributed by atoms with van der Waals surface area (Å²) in [7, 11) is 0.